The van der Waals surface area contributed by atoms with Crippen molar-refractivity contribution in [1.82, 2.24) is 9.97 Å². The largest absolute Gasteiger partial charge is 0.373 e. The highest BCUT2D eigenvalue weighted by atomic mass is 16.5. The lowest BCUT2D eigenvalue weighted by Gasteiger charge is -2.28. The summed E-state index contributed by atoms with van der Waals surface area (Å²) < 4.78 is 5.49. The summed E-state index contributed by atoms with van der Waals surface area (Å²) in [7, 11) is 1.68. The lowest BCUT2D eigenvalue weighted by Crippen LogP contribution is -2.23. The van der Waals surface area contributed by atoms with Crippen LogP contribution in [-0.2, 0) is 11.3 Å². The molecule has 0 fully saturated rings. The van der Waals surface area contributed by atoms with E-state index >= 15 is 0 Å². The Hall–Kier alpha value is -1.00. The van der Waals surface area contributed by atoms with Crippen molar-refractivity contribution in [3.8, 4) is 0 Å². The van der Waals surface area contributed by atoms with Crippen LogP contribution < -0.4 is 5.73 Å². The minimum atomic E-state index is -0.113. The summed E-state index contributed by atoms with van der Waals surface area (Å²) in [5, 5.41) is 0. The van der Waals surface area contributed by atoms with Crippen molar-refractivity contribution >= 4 is 0 Å². The number of aromatic nitrogens is 2. The lowest BCUT2D eigenvalue weighted by atomic mass is 9.88. The van der Waals surface area contributed by atoms with E-state index in [1.54, 1.807) is 7.11 Å². The van der Waals surface area contributed by atoms with Crippen molar-refractivity contribution in [1.29, 1.82) is 0 Å². The molecule has 16 heavy (non-hydrogen) atoms. The van der Waals surface area contributed by atoms with Gasteiger partial charge in [-0.05, 0) is 18.4 Å². The van der Waals surface area contributed by atoms with Crippen molar-refractivity contribution in [3.05, 3.63) is 23.3 Å². The fourth-order valence-corrected chi connectivity index (χ4v) is 1.73. The van der Waals surface area contributed by atoms with Crippen LogP contribution in [-0.4, -0.2) is 17.1 Å². The molecule has 90 valence electrons. The van der Waals surface area contributed by atoms with Crippen molar-refractivity contribution in [2.75, 3.05) is 7.11 Å². The van der Waals surface area contributed by atoms with Crippen LogP contribution >= 0.6 is 0 Å². The lowest BCUT2D eigenvalue weighted by molar-refractivity contribution is 0.00840. The molecule has 2 N–H and O–H groups in total. The van der Waals surface area contributed by atoms with Crippen LogP contribution in [0.1, 0.15) is 44.1 Å². The Labute approximate surface area is 97.2 Å². The molecule has 4 nitrogen and oxygen atoms in total. The molecular weight excluding hydrogens is 202 g/mol. The van der Waals surface area contributed by atoms with Crippen LogP contribution in [0, 0.1) is 12.3 Å². The van der Waals surface area contributed by atoms with E-state index in [2.05, 4.69) is 30.7 Å². The zero-order valence-corrected chi connectivity index (χ0v) is 10.7. The third kappa shape index (κ3) is 3.00. The van der Waals surface area contributed by atoms with Crippen LogP contribution in [0.2, 0.25) is 0 Å². The molecule has 0 spiro atoms. The van der Waals surface area contributed by atoms with Gasteiger partial charge in [-0.1, -0.05) is 20.8 Å². The maximum Gasteiger partial charge on any atom is 0.158 e. The summed E-state index contributed by atoms with van der Waals surface area (Å²) in [5.74, 6) is 0.718. The summed E-state index contributed by atoms with van der Waals surface area (Å²) in [6, 6.07) is 1.90. The molecule has 1 unspecified atom stereocenters. The summed E-state index contributed by atoms with van der Waals surface area (Å²) in [6.45, 7) is 8.69. The molecule has 1 aromatic rings. The predicted octanol–water partition coefficient (Wildman–Crippen LogP) is 1.98. The Morgan fingerprint density at radius 1 is 1.38 bits per heavy atom. The number of aryl methyl sites for hydroxylation is 1. The molecule has 4 heteroatoms. The Bertz CT molecular complexity index is 358. The fraction of sp³-hybridized carbons (Fsp3) is 0.667. The molecule has 0 amide bonds. The van der Waals surface area contributed by atoms with Crippen LogP contribution in [0.25, 0.3) is 0 Å². The quantitative estimate of drug-likeness (QED) is 0.851. The molecule has 0 aliphatic rings. The maximum absolute atomic E-state index is 5.61. The number of methoxy groups -OCH3 is 1. The van der Waals surface area contributed by atoms with Crippen molar-refractivity contribution in [3.63, 3.8) is 0 Å². The monoisotopic (exact) mass is 223 g/mol. The third-order valence-electron chi connectivity index (χ3n) is 2.39. The first-order valence-electron chi connectivity index (χ1n) is 5.45. The van der Waals surface area contributed by atoms with Crippen LogP contribution in [0.4, 0.5) is 0 Å². The standard InChI is InChI=1S/C12H21N3O/c1-8-6-9(7-13)15-11(14-8)10(16-5)12(2,3)4/h6,10H,7,13H2,1-5H3. The molecule has 1 rings (SSSR count). The highest BCUT2D eigenvalue weighted by Gasteiger charge is 2.28. The second-order valence-electron chi connectivity index (χ2n) is 5.04. The number of rotatable bonds is 3. The summed E-state index contributed by atoms with van der Waals surface area (Å²) in [5.41, 5.74) is 7.36. The summed E-state index contributed by atoms with van der Waals surface area (Å²) in [6.07, 6.45) is -0.113. The average molecular weight is 223 g/mol. The topological polar surface area (TPSA) is 61.0 Å². The number of ether oxygens (including phenoxy) is 1. The van der Waals surface area contributed by atoms with Gasteiger partial charge in [-0.25, -0.2) is 9.97 Å². The second kappa shape index (κ2) is 4.89. The highest BCUT2D eigenvalue weighted by molar-refractivity contribution is 5.12. The van der Waals surface area contributed by atoms with Gasteiger partial charge in [0, 0.05) is 19.3 Å². The smallest absolute Gasteiger partial charge is 0.158 e. The molecule has 0 radical (unpaired) electrons. The van der Waals surface area contributed by atoms with Gasteiger partial charge in [0.15, 0.2) is 5.82 Å². The SMILES string of the molecule is COC(c1nc(C)cc(CN)n1)C(C)(C)C. The predicted molar refractivity (Wildman–Crippen MR) is 63.9 cm³/mol. The van der Waals surface area contributed by atoms with E-state index in [9.17, 15) is 0 Å². The van der Waals surface area contributed by atoms with E-state index in [4.69, 9.17) is 10.5 Å². The summed E-state index contributed by atoms with van der Waals surface area (Å²) >= 11 is 0. The number of nitrogens with zero attached hydrogens (tertiary/aromatic N) is 2. The van der Waals surface area contributed by atoms with Gasteiger partial charge in [0.2, 0.25) is 0 Å². The molecule has 0 aliphatic heterocycles. The van der Waals surface area contributed by atoms with Crippen molar-refractivity contribution in [2.45, 2.75) is 40.3 Å². The normalized spacial score (nSPS) is 13.9. The molecule has 1 atom stereocenters. The van der Waals surface area contributed by atoms with E-state index in [1.165, 1.54) is 0 Å². The Balaban J connectivity index is 3.15. The molecule has 0 saturated heterocycles. The Morgan fingerprint density at radius 2 is 2.00 bits per heavy atom. The highest BCUT2D eigenvalue weighted by Crippen LogP contribution is 2.33. The fourth-order valence-electron chi connectivity index (χ4n) is 1.73. The molecular formula is C12H21N3O. The average Bonchev–Trinajstić information content (AvgIpc) is 2.15. The van der Waals surface area contributed by atoms with Gasteiger partial charge >= 0.3 is 0 Å². The van der Waals surface area contributed by atoms with E-state index in [0.717, 1.165) is 17.2 Å². The third-order valence-corrected chi connectivity index (χ3v) is 2.39. The molecule has 0 aromatic carbocycles. The van der Waals surface area contributed by atoms with E-state index in [-0.39, 0.29) is 11.5 Å². The first kappa shape index (κ1) is 13.1. The Kier molecular flexibility index (Phi) is 3.99. The first-order valence-corrected chi connectivity index (χ1v) is 5.45. The van der Waals surface area contributed by atoms with Gasteiger partial charge in [-0.2, -0.15) is 0 Å². The second-order valence-corrected chi connectivity index (χ2v) is 5.04. The van der Waals surface area contributed by atoms with Crippen LogP contribution in [0.15, 0.2) is 6.07 Å². The molecule has 1 aromatic heterocycles. The van der Waals surface area contributed by atoms with Gasteiger partial charge < -0.3 is 10.5 Å². The minimum absolute atomic E-state index is 0.0333. The molecule has 1 heterocycles. The van der Waals surface area contributed by atoms with Crippen LogP contribution in [0.5, 0.6) is 0 Å². The maximum atomic E-state index is 5.61. The number of hydrogen-bond donors (Lipinski definition) is 1. The van der Waals surface area contributed by atoms with Gasteiger partial charge in [0.1, 0.15) is 6.10 Å². The van der Waals surface area contributed by atoms with Gasteiger partial charge in [0.05, 0.1) is 5.69 Å². The van der Waals surface area contributed by atoms with Crippen molar-refractivity contribution < 1.29 is 4.74 Å². The number of hydrogen-bond acceptors (Lipinski definition) is 4. The first-order chi connectivity index (χ1) is 7.38. The summed E-state index contributed by atoms with van der Waals surface area (Å²) in [4.78, 5) is 8.86. The van der Waals surface area contributed by atoms with E-state index < -0.39 is 0 Å². The molecule has 0 aliphatic carbocycles. The molecule has 0 bridgehead atoms. The molecule has 0 saturated carbocycles. The van der Waals surface area contributed by atoms with E-state index in [0.29, 0.717) is 6.54 Å². The van der Waals surface area contributed by atoms with Crippen LogP contribution in [0.3, 0.4) is 0 Å². The minimum Gasteiger partial charge on any atom is -0.373 e. The van der Waals surface area contributed by atoms with Gasteiger partial charge in [-0.15, -0.1) is 0 Å². The van der Waals surface area contributed by atoms with E-state index in [1.807, 2.05) is 13.0 Å². The zero-order valence-electron chi connectivity index (χ0n) is 10.7. The van der Waals surface area contributed by atoms with Gasteiger partial charge in [0.25, 0.3) is 0 Å². The zero-order chi connectivity index (χ0) is 12.3. The number of nitrogens with two attached hydrogens (primary N) is 1. The van der Waals surface area contributed by atoms with Crippen molar-refractivity contribution in [2.24, 2.45) is 11.1 Å². The Morgan fingerprint density at radius 3 is 2.44 bits per heavy atom. The van der Waals surface area contributed by atoms with Gasteiger partial charge in [-0.3, -0.25) is 0 Å².